The Balaban J connectivity index is 1.80. The zero-order chi connectivity index (χ0) is 18.3. The maximum atomic E-state index is 5.81. The maximum Gasteiger partial charge on any atom is 0.168 e. The Hall–Kier alpha value is -3.02. The number of amidine groups is 1. The van der Waals surface area contributed by atoms with Gasteiger partial charge in [-0.25, -0.2) is 4.98 Å². The van der Waals surface area contributed by atoms with Crippen LogP contribution in [0.2, 0.25) is 0 Å². The number of methoxy groups -OCH3 is 1. The minimum absolute atomic E-state index is 0.219. The first-order valence-electron chi connectivity index (χ1n) is 8.73. The largest absolute Gasteiger partial charge is 0.497 e. The van der Waals surface area contributed by atoms with E-state index in [2.05, 4.69) is 34.1 Å². The maximum absolute atomic E-state index is 5.81. The first kappa shape index (κ1) is 16.4. The van der Waals surface area contributed by atoms with E-state index < -0.39 is 0 Å². The third kappa shape index (κ3) is 2.77. The Kier molecular flexibility index (Phi) is 3.83. The number of nitrogens with two attached hydrogens (primary N) is 2. The van der Waals surface area contributed by atoms with E-state index in [0.29, 0.717) is 5.69 Å². The monoisotopic (exact) mass is 349 g/mol. The summed E-state index contributed by atoms with van der Waals surface area (Å²) in [5.74, 6) is 6.38. The number of hydrazone groups is 1. The van der Waals surface area contributed by atoms with Gasteiger partial charge in [-0.15, -0.1) is 0 Å². The van der Waals surface area contributed by atoms with Gasteiger partial charge in [0.2, 0.25) is 0 Å². The number of hydrogen-bond donors (Lipinski definition) is 3. The molecule has 4 rings (SSSR count). The van der Waals surface area contributed by atoms with Crippen molar-refractivity contribution in [2.45, 2.75) is 31.6 Å². The van der Waals surface area contributed by atoms with Gasteiger partial charge in [-0.2, -0.15) is 5.10 Å². The lowest BCUT2D eigenvalue weighted by Gasteiger charge is -2.11. The van der Waals surface area contributed by atoms with Crippen molar-refractivity contribution in [3.63, 3.8) is 0 Å². The van der Waals surface area contributed by atoms with Crippen LogP contribution in [0.5, 0.6) is 5.75 Å². The molecule has 1 fully saturated rings. The van der Waals surface area contributed by atoms with Gasteiger partial charge in [-0.3, -0.25) is 0 Å². The van der Waals surface area contributed by atoms with Gasteiger partial charge in [0.05, 0.1) is 7.11 Å². The molecule has 0 bridgehead atoms. The molecular formula is C20H23N5O. The SMILES string of the molecule is COc1ccc2c(Cc3cccc(/C(N)=N/N)n3)c(C3(C)CC3)[nH]c2c1. The average Bonchev–Trinajstić information content (AvgIpc) is 3.32. The first-order valence-corrected chi connectivity index (χ1v) is 8.73. The number of aromatic amines is 1. The summed E-state index contributed by atoms with van der Waals surface area (Å²) < 4.78 is 5.37. The smallest absolute Gasteiger partial charge is 0.168 e. The second-order valence-electron chi connectivity index (χ2n) is 7.16. The van der Waals surface area contributed by atoms with Gasteiger partial charge in [0.1, 0.15) is 11.4 Å². The van der Waals surface area contributed by atoms with Gasteiger partial charge in [0, 0.05) is 40.2 Å². The molecule has 26 heavy (non-hydrogen) atoms. The molecule has 5 N–H and O–H groups in total. The van der Waals surface area contributed by atoms with E-state index in [0.717, 1.165) is 23.4 Å². The number of benzene rings is 1. The fourth-order valence-corrected chi connectivity index (χ4v) is 3.47. The molecule has 0 spiro atoms. The summed E-state index contributed by atoms with van der Waals surface area (Å²) in [4.78, 5) is 8.26. The summed E-state index contributed by atoms with van der Waals surface area (Å²) in [7, 11) is 1.69. The number of H-pyrrole nitrogens is 1. The van der Waals surface area contributed by atoms with Gasteiger partial charge >= 0.3 is 0 Å². The number of fused-ring (bicyclic) bond motifs is 1. The lowest BCUT2D eigenvalue weighted by molar-refractivity contribution is 0.415. The van der Waals surface area contributed by atoms with Crippen molar-refractivity contribution in [1.29, 1.82) is 0 Å². The molecule has 3 aromatic rings. The first-order chi connectivity index (χ1) is 12.5. The molecule has 6 nitrogen and oxygen atoms in total. The summed E-state index contributed by atoms with van der Waals surface area (Å²) in [5, 5.41) is 4.75. The van der Waals surface area contributed by atoms with Crippen molar-refractivity contribution >= 4 is 16.7 Å². The summed E-state index contributed by atoms with van der Waals surface area (Å²) >= 11 is 0. The molecular weight excluding hydrogens is 326 g/mol. The number of aromatic nitrogens is 2. The Labute approximate surface area is 152 Å². The molecule has 1 aliphatic carbocycles. The zero-order valence-corrected chi connectivity index (χ0v) is 15.0. The highest BCUT2D eigenvalue weighted by Crippen LogP contribution is 2.50. The van der Waals surface area contributed by atoms with Crippen molar-refractivity contribution in [3.8, 4) is 5.75 Å². The molecule has 0 unspecified atom stereocenters. The highest BCUT2D eigenvalue weighted by molar-refractivity contribution is 5.95. The average molecular weight is 349 g/mol. The molecule has 0 radical (unpaired) electrons. The Morgan fingerprint density at radius 3 is 2.81 bits per heavy atom. The normalized spacial score (nSPS) is 16.0. The number of nitrogens with one attached hydrogen (secondary N) is 1. The van der Waals surface area contributed by atoms with Gasteiger partial charge < -0.3 is 21.3 Å². The second-order valence-corrected chi connectivity index (χ2v) is 7.16. The van der Waals surface area contributed by atoms with Crippen LogP contribution in [0.25, 0.3) is 10.9 Å². The highest BCUT2D eigenvalue weighted by Gasteiger charge is 2.42. The highest BCUT2D eigenvalue weighted by atomic mass is 16.5. The Morgan fingerprint density at radius 2 is 2.12 bits per heavy atom. The molecule has 2 aromatic heterocycles. The van der Waals surface area contributed by atoms with E-state index in [-0.39, 0.29) is 11.3 Å². The molecule has 1 saturated carbocycles. The van der Waals surface area contributed by atoms with Crippen molar-refractivity contribution in [3.05, 3.63) is 59.0 Å². The molecule has 0 atom stereocenters. The van der Waals surface area contributed by atoms with E-state index in [9.17, 15) is 0 Å². The van der Waals surface area contributed by atoms with Gasteiger partial charge in [-0.1, -0.05) is 13.0 Å². The second kappa shape index (κ2) is 6.05. The standard InChI is InChI=1S/C20H23N5O/c1-20(8-9-20)18-15(14-7-6-13(26-2)11-17(14)24-18)10-12-4-3-5-16(23-12)19(21)25-22/h3-7,11,24H,8-10,22H2,1-2H3,(H2,21,25). The van der Waals surface area contributed by atoms with Gasteiger partial charge in [0.15, 0.2) is 5.84 Å². The fourth-order valence-electron chi connectivity index (χ4n) is 3.47. The van der Waals surface area contributed by atoms with Crippen LogP contribution in [-0.4, -0.2) is 22.9 Å². The van der Waals surface area contributed by atoms with Crippen LogP contribution >= 0.6 is 0 Å². The fraction of sp³-hybridized carbons (Fsp3) is 0.300. The van der Waals surface area contributed by atoms with E-state index in [1.807, 2.05) is 24.3 Å². The quantitative estimate of drug-likeness (QED) is 0.285. The number of pyridine rings is 1. The van der Waals surface area contributed by atoms with Crippen LogP contribution in [0.3, 0.4) is 0 Å². The molecule has 6 heteroatoms. The lowest BCUT2D eigenvalue weighted by atomic mass is 9.96. The van der Waals surface area contributed by atoms with E-state index in [4.69, 9.17) is 16.3 Å². The molecule has 1 aromatic carbocycles. The van der Waals surface area contributed by atoms with Crippen molar-refractivity contribution < 1.29 is 4.74 Å². The molecule has 0 saturated heterocycles. The van der Waals surface area contributed by atoms with Crippen LogP contribution in [0.15, 0.2) is 41.5 Å². The predicted molar refractivity (Wildman–Crippen MR) is 103 cm³/mol. The third-order valence-corrected chi connectivity index (χ3v) is 5.28. The van der Waals surface area contributed by atoms with Crippen molar-refractivity contribution in [1.82, 2.24) is 9.97 Å². The number of hydrogen-bond acceptors (Lipinski definition) is 4. The topological polar surface area (TPSA) is 102 Å². The van der Waals surface area contributed by atoms with Crippen LogP contribution in [0.1, 0.15) is 42.4 Å². The summed E-state index contributed by atoms with van der Waals surface area (Å²) in [5.41, 5.74) is 11.3. The minimum Gasteiger partial charge on any atom is -0.497 e. The van der Waals surface area contributed by atoms with Crippen LogP contribution in [0.4, 0.5) is 0 Å². The van der Waals surface area contributed by atoms with E-state index >= 15 is 0 Å². The van der Waals surface area contributed by atoms with Crippen LogP contribution < -0.4 is 16.3 Å². The summed E-state index contributed by atoms with van der Waals surface area (Å²) in [6.07, 6.45) is 3.12. The molecule has 2 heterocycles. The lowest BCUT2D eigenvalue weighted by Crippen LogP contribution is -2.17. The predicted octanol–water partition coefficient (Wildman–Crippen LogP) is 2.79. The van der Waals surface area contributed by atoms with E-state index in [1.54, 1.807) is 7.11 Å². The van der Waals surface area contributed by atoms with E-state index in [1.165, 1.54) is 29.5 Å². The molecule has 134 valence electrons. The summed E-state index contributed by atoms with van der Waals surface area (Å²) in [6.45, 7) is 2.31. The van der Waals surface area contributed by atoms with Crippen molar-refractivity contribution in [2.24, 2.45) is 16.7 Å². The Bertz CT molecular complexity index is 1000. The molecule has 0 amide bonds. The number of nitrogens with zero attached hydrogens (tertiary/aromatic N) is 2. The minimum atomic E-state index is 0.219. The number of rotatable bonds is 5. The number of ether oxygens (including phenoxy) is 1. The van der Waals surface area contributed by atoms with Crippen molar-refractivity contribution in [2.75, 3.05) is 7.11 Å². The van der Waals surface area contributed by atoms with Gasteiger partial charge in [0.25, 0.3) is 0 Å². The summed E-state index contributed by atoms with van der Waals surface area (Å²) in [6, 6.07) is 11.9. The van der Waals surface area contributed by atoms with Crippen LogP contribution in [0, 0.1) is 0 Å². The molecule has 1 aliphatic rings. The third-order valence-electron chi connectivity index (χ3n) is 5.28. The zero-order valence-electron chi connectivity index (χ0n) is 15.0. The molecule has 0 aliphatic heterocycles. The Morgan fingerprint density at radius 1 is 1.31 bits per heavy atom. The van der Waals surface area contributed by atoms with Crippen LogP contribution in [-0.2, 0) is 11.8 Å². The van der Waals surface area contributed by atoms with Gasteiger partial charge in [-0.05, 0) is 42.7 Å².